The van der Waals surface area contributed by atoms with Crippen molar-refractivity contribution in [2.24, 2.45) is 0 Å². The molecule has 0 N–H and O–H groups in total. The normalized spacial score (nSPS) is 17.1. The third-order valence-corrected chi connectivity index (χ3v) is 23.7. The van der Waals surface area contributed by atoms with Gasteiger partial charge in [-0.1, -0.05) is 0 Å². The van der Waals surface area contributed by atoms with Crippen molar-refractivity contribution < 1.29 is 54.2 Å². The molecule has 378 valence electrons. The van der Waals surface area contributed by atoms with Crippen LogP contribution < -0.4 is 90.9 Å². The van der Waals surface area contributed by atoms with Crippen LogP contribution in [0.4, 0.5) is 68.2 Å². The standard InChI is InChI=1S/C62H36B2N8O4.2Pt/c1-65-33-69(49-17-9-5-13-45(49)65)37-21-25-53-41(29-37)63-42-30-38(70-34-66(2)46-14-6-10-18-50(46)70)22-26-54(42)74-60-57(63)59(73-53)61-58-62(60)76-56-28-24-40(72-36-68(4)48-16-8-12-20-52(48)72)32-44(56)64(58)43-31-39(23-27-55(43)75-61)71-35-67(3)47-15-7-11-19-51(47)71;;/h5-28H,1-4H3;;/q-4;;. The summed E-state index contributed by atoms with van der Waals surface area (Å²) in [5.74, 6) is 5.14. The molecule has 0 radical (unpaired) electrons. The van der Waals surface area contributed by atoms with Crippen LogP contribution in [0.3, 0.4) is 0 Å². The Balaban J connectivity index is 0.875. The van der Waals surface area contributed by atoms with Crippen molar-refractivity contribution >= 4 is 131 Å². The van der Waals surface area contributed by atoms with Crippen molar-refractivity contribution in [2.75, 3.05) is 67.4 Å². The van der Waals surface area contributed by atoms with Crippen LogP contribution in [0.5, 0.6) is 46.0 Å². The molecule has 9 aromatic rings. The van der Waals surface area contributed by atoms with Crippen molar-refractivity contribution in [2.45, 2.75) is 0 Å². The molecule has 16 heteroatoms. The predicted molar refractivity (Wildman–Crippen MR) is 305 cm³/mol. The summed E-state index contributed by atoms with van der Waals surface area (Å²) in [5, 5.41) is 0. The molecule has 0 spiro atoms. The monoisotopic (exact) mass is 1370 g/mol. The Kier molecular flexibility index (Phi) is 8.08. The van der Waals surface area contributed by atoms with Crippen LogP contribution >= 0.6 is 0 Å². The van der Waals surface area contributed by atoms with Gasteiger partial charge in [-0.3, -0.25) is 0 Å². The molecule has 0 saturated carbocycles. The molecular weight excluding hydrogens is 1330 g/mol. The van der Waals surface area contributed by atoms with Crippen molar-refractivity contribution in [1.29, 1.82) is 0 Å². The van der Waals surface area contributed by atoms with Gasteiger partial charge in [-0.2, -0.15) is 0 Å². The molecule has 0 amide bonds. The summed E-state index contributed by atoms with van der Waals surface area (Å²) in [6.45, 7) is -0.868. The van der Waals surface area contributed by atoms with Gasteiger partial charge in [0.15, 0.2) is 0 Å². The maximum absolute atomic E-state index is 7.37. The minimum atomic E-state index is -0.850. The zero-order chi connectivity index (χ0) is 51.1. The molecule has 0 fully saturated rings. The van der Waals surface area contributed by atoms with E-state index in [1.54, 1.807) is 0 Å². The Morgan fingerprint density at radius 1 is 0.308 bits per heavy atom. The van der Waals surface area contributed by atoms with Crippen LogP contribution in [0.15, 0.2) is 146 Å². The van der Waals surface area contributed by atoms with Gasteiger partial charge < -0.3 is 0 Å². The molecule has 10 aliphatic heterocycles. The molecule has 19 rings (SSSR count). The molecule has 0 aromatic heterocycles. The van der Waals surface area contributed by atoms with E-state index in [1.165, 1.54) is 16.6 Å². The van der Waals surface area contributed by atoms with Gasteiger partial charge in [0, 0.05) is 0 Å². The van der Waals surface area contributed by atoms with Gasteiger partial charge in [-0.15, -0.1) is 0 Å². The van der Waals surface area contributed by atoms with E-state index < -0.39 is 48.7 Å². The van der Waals surface area contributed by atoms with Crippen LogP contribution in [0.1, 0.15) is 0 Å². The van der Waals surface area contributed by atoms with Crippen LogP contribution in [0, 0.1) is 24.3 Å². The molecular formula is C62H36B2N8O4Pt2-4. The number of para-hydroxylation sites is 8. The van der Waals surface area contributed by atoms with E-state index in [2.05, 4.69) is 237 Å². The van der Waals surface area contributed by atoms with E-state index in [-0.39, 0.29) is 0 Å². The fraction of sp³-hybridized carbons (Fsp3) is 0.0645. The van der Waals surface area contributed by atoms with Crippen LogP contribution in [-0.4, -0.2) is 58.2 Å². The summed E-state index contributed by atoms with van der Waals surface area (Å²) in [4.78, 5) is 19.1. The zero-order valence-electron chi connectivity index (χ0n) is 41.9. The van der Waals surface area contributed by atoms with Crippen molar-refractivity contribution in [3.63, 3.8) is 0 Å². The van der Waals surface area contributed by atoms with Crippen LogP contribution in [0.2, 0.25) is 0 Å². The summed E-state index contributed by atoms with van der Waals surface area (Å²) in [5.41, 5.74) is 18.0. The molecule has 0 saturated heterocycles. The van der Waals surface area contributed by atoms with E-state index >= 15 is 0 Å². The second kappa shape index (κ2) is 14.8. The molecule has 9 aromatic carbocycles. The molecule has 78 heavy (non-hydrogen) atoms. The Morgan fingerprint density at radius 3 is 0.782 bits per heavy atom. The predicted octanol–water partition coefficient (Wildman–Crippen LogP) is 7.24. The Labute approximate surface area is 465 Å². The van der Waals surface area contributed by atoms with Gasteiger partial charge in [0.1, 0.15) is 0 Å². The number of hydrogen-bond acceptors (Lipinski definition) is 12. The Morgan fingerprint density at radius 2 is 0.538 bits per heavy atom. The van der Waals surface area contributed by atoms with Gasteiger partial charge in [0.05, 0.1) is 0 Å². The van der Waals surface area contributed by atoms with E-state index in [0.29, 0.717) is 46.0 Å². The number of ether oxygens (including phenoxy) is 4. The van der Waals surface area contributed by atoms with E-state index in [4.69, 9.17) is 18.9 Å². The molecule has 8 bridgehead atoms. The topological polar surface area (TPSA) is 62.8 Å². The van der Waals surface area contributed by atoms with E-state index in [9.17, 15) is 0 Å². The number of benzene rings is 9. The second-order valence-electron chi connectivity index (χ2n) is 20.6. The molecule has 0 unspecified atom stereocenters. The number of nitrogens with zero attached hydrogens (tertiary/aromatic N) is 8. The summed E-state index contributed by atoms with van der Waals surface area (Å²) < 4.78 is 34.4. The van der Waals surface area contributed by atoms with E-state index in [0.717, 1.165) is 101 Å². The Hall–Kier alpha value is -8.43. The number of rotatable bonds is 0. The first-order chi connectivity index (χ1) is 38.3. The molecule has 0 atom stereocenters. The van der Waals surface area contributed by atoms with Gasteiger partial charge in [0.2, 0.25) is 0 Å². The van der Waals surface area contributed by atoms with Gasteiger partial charge in [-0.05, 0) is 0 Å². The molecule has 12 nitrogen and oxygen atoms in total. The SMILES string of the molecule is CN1[C]2=[Pt]=[C]3N(C)c4ccccc4N3c3[c-]c4c(cc3)Oc3c5c6c(c7c3B4c3[c-]c(ccc3O7)N2c2ccccc21)Oc1ccc2[c-]c1B6c1[c-]c(ccc1O5)N1[C](=[Pt]=[C]3N(C)c4ccccc4N32)N(C)c2ccccc21. The second-order valence-corrected chi connectivity index (χ2v) is 25.8. The maximum atomic E-state index is 7.37. The summed E-state index contributed by atoms with van der Waals surface area (Å²) in [6, 6.07) is 67.9. The first-order valence-electron chi connectivity index (χ1n) is 25.7. The first kappa shape index (κ1) is 42.7. The first-order valence-corrected chi connectivity index (χ1v) is 30.3. The third kappa shape index (κ3) is 5.22. The van der Waals surface area contributed by atoms with Crippen LogP contribution in [-0.2, 0) is 35.3 Å². The minimum absolute atomic E-state index is 0.434. The number of anilines is 12. The van der Waals surface area contributed by atoms with Crippen LogP contribution in [0.25, 0.3) is 0 Å². The quantitative estimate of drug-likeness (QED) is 0.114. The van der Waals surface area contributed by atoms with Gasteiger partial charge in [0.25, 0.3) is 0 Å². The van der Waals surface area contributed by atoms with Crippen molar-refractivity contribution in [3.05, 3.63) is 170 Å². The molecule has 10 aliphatic rings. The van der Waals surface area contributed by atoms with Gasteiger partial charge >= 0.3 is 469 Å². The average molecular weight is 1370 g/mol. The van der Waals surface area contributed by atoms with Crippen molar-refractivity contribution in [1.82, 2.24) is 0 Å². The average Bonchev–Trinajstić information content (AvgIpc) is 3.22. The fourth-order valence-electron chi connectivity index (χ4n) is 13.1. The molecule has 10 heterocycles. The van der Waals surface area contributed by atoms with Crippen molar-refractivity contribution in [3.8, 4) is 46.0 Å². The summed E-state index contributed by atoms with van der Waals surface area (Å²) >= 11 is -1.70. The summed E-state index contributed by atoms with van der Waals surface area (Å²) in [6.07, 6.45) is 0. The number of fused-ring (bicyclic) bond motifs is 22. The van der Waals surface area contributed by atoms with E-state index in [1.807, 2.05) is 0 Å². The van der Waals surface area contributed by atoms with Gasteiger partial charge in [-0.25, -0.2) is 0 Å². The molecule has 0 aliphatic carbocycles. The fourth-order valence-corrected chi connectivity index (χ4v) is 19.8. The number of hydrogen-bond donors (Lipinski definition) is 0. The summed E-state index contributed by atoms with van der Waals surface area (Å²) in [7, 11) is 8.78. The third-order valence-electron chi connectivity index (χ3n) is 16.5. The Bertz CT molecular complexity index is 4000. The zero-order valence-corrected chi connectivity index (χ0v) is 46.4.